The Kier molecular flexibility index (Phi) is 5.76. The summed E-state index contributed by atoms with van der Waals surface area (Å²) in [6.45, 7) is 3.27. The molecule has 2 heterocycles. The summed E-state index contributed by atoms with van der Waals surface area (Å²) in [5, 5.41) is 3.42. The molecule has 1 aromatic rings. The number of likely N-dealkylation sites (tertiary alicyclic amines) is 1. The van der Waals surface area contributed by atoms with E-state index in [1.54, 1.807) is 0 Å². The molecular weight excluding hydrogens is 338 g/mol. The Morgan fingerprint density at radius 2 is 1.84 bits per heavy atom. The molecule has 7 heteroatoms. The minimum atomic E-state index is -3.19. The minimum absolute atomic E-state index is 0.0334. The lowest BCUT2D eigenvalue weighted by molar-refractivity contribution is 0.0711. The van der Waals surface area contributed by atoms with Crippen molar-refractivity contribution in [2.24, 2.45) is 0 Å². The Labute approximate surface area is 150 Å². The van der Waals surface area contributed by atoms with Gasteiger partial charge in [-0.2, -0.15) is 0 Å². The summed E-state index contributed by atoms with van der Waals surface area (Å²) < 4.78 is 25.2. The zero-order valence-corrected chi connectivity index (χ0v) is 15.5. The van der Waals surface area contributed by atoms with Gasteiger partial charge in [-0.05, 0) is 55.8 Å². The quantitative estimate of drug-likeness (QED) is 0.843. The molecule has 1 amide bonds. The average Bonchev–Trinajstić information content (AvgIpc) is 2.61. The molecule has 2 aliphatic heterocycles. The van der Waals surface area contributed by atoms with E-state index in [-0.39, 0.29) is 11.9 Å². The molecule has 2 aliphatic rings. The first-order valence-corrected chi connectivity index (χ1v) is 10.9. The molecule has 0 radical (unpaired) electrons. The SMILES string of the molecule is CS(=O)(=O)NC1CCN(C(=O)c2ccc([C@H]3CCCNC3)cc2)CC1. The van der Waals surface area contributed by atoms with Gasteiger partial charge in [0.05, 0.1) is 6.26 Å². The smallest absolute Gasteiger partial charge is 0.253 e. The van der Waals surface area contributed by atoms with E-state index in [2.05, 4.69) is 22.2 Å². The maximum atomic E-state index is 12.7. The molecule has 2 N–H and O–H groups in total. The van der Waals surface area contributed by atoms with Crippen molar-refractivity contribution in [2.75, 3.05) is 32.4 Å². The van der Waals surface area contributed by atoms with Gasteiger partial charge >= 0.3 is 0 Å². The first-order valence-electron chi connectivity index (χ1n) is 8.99. The van der Waals surface area contributed by atoms with Gasteiger partial charge in [-0.3, -0.25) is 4.79 Å². The molecule has 1 atom stereocenters. The zero-order chi connectivity index (χ0) is 17.9. The maximum absolute atomic E-state index is 12.7. The molecule has 1 aromatic carbocycles. The molecule has 2 fully saturated rings. The molecule has 0 aromatic heterocycles. The fourth-order valence-electron chi connectivity index (χ4n) is 3.72. The van der Waals surface area contributed by atoms with Crippen LogP contribution in [0.4, 0.5) is 0 Å². The normalized spacial score (nSPS) is 22.8. The Morgan fingerprint density at radius 3 is 2.40 bits per heavy atom. The summed E-state index contributed by atoms with van der Waals surface area (Å²) in [4.78, 5) is 14.5. The highest BCUT2D eigenvalue weighted by atomic mass is 32.2. The van der Waals surface area contributed by atoms with Crippen molar-refractivity contribution in [3.8, 4) is 0 Å². The van der Waals surface area contributed by atoms with E-state index in [0.717, 1.165) is 13.1 Å². The van der Waals surface area contributed by atoms with Crippen LogP contribution in [-0.4, -0.2) is 57.7 Å². The molecule has 0 unspecified atom stereocenters. The van der Waals surface area contributed by atoms with Crippen LogP contribution in [0.25, 0.3) is 0 Å². The number of nitrogens with zero attached hydrogens (tertiary/aromatic N) is 1. The highest BCUT2D eigenvalue weighted by Crippen LogP contribution is 2.24. The molecule has 3 rings (SSSR count). The van der Waals surface area contributed by atoms with Crippen molar-refractivity contribution < 1.29 is 13.2 Å². The number of hydrogen-bond donors (Lipinski definition) is 2. The van der Waals surface area contributed by atoms with E-state index in [9.17, 15) is 13.2 Å². The third kappa shape index (κ3) is 5.03. The van der Waals surface area contributed by atoms with E-state index in [0.29, 0.717) is 37.4 Å². The zero-order valence-electron chi connectivity index (χ0n) is 14.7. The van der Waals surface area contributed by atoms with Gasteiger partial charge in [-0.25, -0.2) is 13.1 Å². The lowest BCUT2D eigenvalue weighted by atomic mass is 9.91. The fourth-order valence-corrected chi connectivity index (χ4v) is 4.56. The number of amides is 1. The number of hydrogen-bond acceptors (Lipinski definition) is 4. The van der Waals surface area contributed by atoms with Gasteiger partial charge in [0.25, 0.3) is 5.91 Å². The van der Waals surface area contributed by atoms with Crippen molar-refractivity contribution in [1.29, 1.82) is 0 Å². The largest absolute Gasteiger partial charge is 0.339 e. The second kappa shape index (κ2) is 7.85. The van der Waals surface area contributed by atoms with Crippen LogP contribution in [0.15, 0.2) is 24.3 Å². The highest BCUT2D eigenvalue weighted by Gasteiger charge is 2.25. The van der Waals surface area contributed by atoms with Crippen molar-refractivity contribution in [3.63, 3.8) is 0 Å². The first-order chi connectivity index (χ1) is 11.9. The number of nitrogens with one attached hydrogen (secondary N) is 2. The molecule has 25 heavy (non-hydrogen) atoms. The number of piperidine rings is 2. The second-order valence-electron chi connectivity index (χ2n) is 7.12. The number of benzene rings is 1. The van der Waals surface area contributed by atoms with E-state index in [1.165, 1.54) is 24.7 Å². The Morgan fingerprint density at radius 1 is 1.16 bits per heavy atom. The van der Waals surface area contributed by atoms with Crippen LogP contribution in [0.5, 0.6) is 0 Å². The van der Waals surface area contributed by atoms with Crippen molar-refractivity contribution in [3.05, 3.63) is 35.4 Å². The Hall–Kier alpha value is -1.44. The second-order valence-corrected chi connectivity index (χ2v) is 8.90. The van der Waals surface area contributed by atoms with Crippen molar-refractivity contribution in [1.82, 2.24) is 14.9 Å². The molecule has 0 saturated carbocycles. The van der Waals surface area contributed by atoms with E-state index >= 15 is 0 Å². The third-order valence-electron chi connectivity index (χ3n) is 5.09. The maximum Gasteiger partial charge on any atom is 0.253 e. The molecule has 6 nitrogen and oxygen atoms in total. The minimum Gasteiger partial charge on any atom is -0.339 e. The Balaban J connectivity index is 1.56. The van der Waals surface area contributed by atoms with Gasteiger partial charge in [0, 0.05) is 31.2 Å². The number of rotatable bonds is 4. The van der Waals surface area contributed by atoms with E-state index in [4.69, 9.17) is 0 Å². The van der Waals surface area contributed by atoms with Gasteiger partial charge in [0.1, 0.15) is 0 Å². The van der Waals surface area contributed by atoms with Crippen LogP contribution >= 0.6 is 0 Å². The topological polar surface area (TPSA) is 78.5 Å². The van der Waals surface area contributed by atoms with E-state index < -0.39 is 10.0 Å². The summed E-state index contributed by atoms with van der Waals surface area (Å²) in [5.41, 5.74) is 2.00. The van der Waals surface area contributed by atoms with Crippen molar-refractivity contribution >= 4 is 15.9 Å². The summed E-state index contributed by atoms with van der Waals surface area (Å²) in [7, 11) is -3.19. The van der Waals surface area contributed by atoms with Gasteiger partial charge in [-0.1, -0.05) is 12.1 Å². The molecule has 0 bridgehead atoms. The first kappa shape index (κ1) is 18.4. The lowest BCUT2D eigenvalue weighted by Crippen LogP contribution is -2.46. The predicted molar refractivity (Wildman–Crippen MR) is 98.2 cm³/mol. The van der Waals surface area contributed by atoms with Gasteiger partial charge in [0.2, 0.25) is 10.0 Å². The van der Waals surface area contributed by atoms with Crippen LogP contribution in [0.2, 0.25) is 0 Å². The summed E-state index contributed by atoms with van der Waals surface area (Å²) in [6.07, 6.45) is 4.88. The van der Waals surface area contributed by atoms with Crippen LogP contribution < -0.4 is 10.0 Å². The predicted octanol–water partition coefficient (Wildman–Crippen LogP) is 1.31. The Bertz CT molecular complexity index is 689. The lowest BCUT2D eigenvalue weighted by Gasteiger charge is -2.32. The monoisotopic (exact) mass is 365 g/mol. The number of carbonyl (C=O) groups is 1. The highest BCUT2D eigenvalue weighted by molar-refractivity contribution is 7.88. The standard InChI is InChI=1S/C18H27N3O3S/c1-25(23,24)20-17-8-11-21(12-9-17)18(22)15-6-4-14(5-7-15)16-3-2-10-19-13-16/h4-7,16-17,19-20H,2-3,8-13H2,1H3/t16-/m0/s1. The molecule has 0 aliphatic carbocycles. The van der Waals surface area contributed by atoms with Gasteiger partial charge in [0.15, 0.2) is 0 Å². The van der Waals surface area contributed by atoms with Crippen LogP contribution in [0, 0.1) is 0 Å². The summed E-state index contributed by atoms with van der Waals surface area (Å²) in [5.74, 6) is 0.571. The van der Waals surface area contributed by atoms with Crippen LogP contribution in [0.3, 0.4) is 0 Å². The van der Waals surface area contributed by atoms with Crippen LogP contribution in [0.1, 0.15) is 47.5 Å². The molecule has 2 saturated heterocycles. The van der Waals surface area contributed by atoms with Crippen molar-refractivity contribution in [2.45, 2.75) is 37.6 Å². The average molecular weight is 365 g/mol. The van der Waals surface area contributed by atoms with Gasteiger partial charge in [-0.15, -0.1) is 0 Å². The molecular formula is C18H27N3O3S. The summed E-state index contributed by atoms with van der Waals surface area (Å²) >= 11 is 0. The third-order valence-corrected chi connectivity index (χ3v) is 5.85. The molecule has 138 valence electrons. The van der Waals surface area contributed by atoms with Crippen LogP contribution in [-0.2, 0) is 10.0 Å². The number of sulfonamides is 1. The van der Waals surface area contributed by atoms with E-state index in [1.807, 2.05) is 17.0 Å². The molecule has 0 spiro atoms. The van der Waals surface area contributed by atoms with Gasteiger partial charge < -0.3 is 10.2 Å². The fraction of sp³-hybridized carbons (Fsp3) is 0.611. The number of carbonyl (C=O) groups excluding carboxylic acids is 1. The summed E-state index contributed by atoms with van der Waals surface area (Å²) in [6, 6.07) is 7.92.